The van der Waals surface area contributed by atoms with Crippen LogP contribution in [0.5, 0.6) is 0 Å². The van der Waals surface area contributed by atoms with E-state index in [2.05, 4.69) is 4.98 Å². The van der Waals surface area contributed by atoms with Crippen LogP contribution in [0.15, 0.2) is 28.9 Å². The Labute approximate surface area is 81.2 Å². The van der Waals surface area contributed by atoms with Crippen LogP contribution < -0.4 is 0 Å². The van der Waals surface area contributed by atoms with Crippen molar-refractivity contribution in [2.45, 2.75) is 13.5 Å². The Balaban J connectivity index is 2.18. The predicted molar refractivity (Wildman–Crippen MR) is 50.2 cm³/mol. The van der Waals surface area contributed by atoms with Gasteiger partial charge in [0, 0.05) is 12.4 Å². The van der Waals surface area contributed by atoms with Gasteiger partial charge >= 0.3 is 0 Å². The van der Waals surface area contributed by atoms with Crippen molar-refractivity contribution < 1.29 is 9.21 Å². The van der Waals surface area contributed by atoms with Gasteiger partial charge in [-0.05, 0) is 19.1 Å². The zero-order valence-electron chi connectivity index (χ0n) is 7.80. The zero-order chi connectivity index (χ0) is 9.97. The average Bonchev–Trinajstić information content (AvgIpc) is 2.77. The minimum atomic E-state index is 0.359. The number of hydrogen-bond donors (Lipinski definition) is 0. The van der Waals surface area contributed by atoms with E-state index < -0.39 is 0 Å². The SMILES string of the molecule is Cc1nccn1Cc1ccc(C=O)o1. The van der Waals surface area contributed by atoms with Crippen molar-refractivity contribution in [2.75, 3.05) is 0 Å². The summed E-state index contributed by atoms with van der Waals surface area (Å²) < 4.78 is 7.20. The first-order valence-electron chi connectivity index (χ1n) is 4.31. The third-order valence-electron chi connectivity index (χ3n) is 2.05. The molecule has 0 aliphatic carbocycles. The van der Waals surface area contributed by atoms with Crippen molar-refractivity contribution in [3.05, 3.63) is 41.9 Å². The van der Waals surface area contributed by atoms with E-state index >= 15 is 0 Å². The summed E-state index contributed by atoms with van der Waals surface area (Å²) in [6.45, 7) is 2.53. The Morgan fingerprint density at radius 3 is 3.00 bits per heavy atom. The summed E-state index contributed by atoms with van der Waals surface area (Å²) in [5, 5.41) is 0. The van der Waals surface area contributed by atoms with Crippen LogP contribution in [0.25, 0.3) is 0 Å². The Hall–Kier alpha value is -1.84. The number of aromatic nitrogens is 2. The molecule has 0 aromatic carbocycles. The van der Waals surface area contributed by atoms with Gasteiger partial charge in [0.2, 0.25) is 0 Å². The predicted octanol–water partition coefficient (Wildman–Crippen LogP) is 1.65. The van der Waals surface area contributed by atoms with Gasteiger partial charge in [0.1, 0.15) is 11.6 Å². The lowest BCUT2D eigenvalue weighted by Gasteiger charge is -2.00. The number of aryl methyl sites for hydroxylation is 1. The number of rotatable bonds is 3. The summed E-state index contributed by atoms with van der Waals surface area (Å²) >= 11 is 0. The van der Waals surface area contributed by atoms with Crippen LogP contribution in [0, 0.1) is 6.92 Å². The molecule has 0 aliphatic heterocycles. The molecular weight excluding hydrogens is 180 g/mol. The molecule has 2 rings (SSSR count). The Morgan fingerprint density at radius 2 is 2.43 bits per heavy atom. The number of nitrogens with zero attached hydrogens (tertiary/aromatic N) is 2. The molecule has 0 saturated carbocycles. The molecule has 0 unspecified atom stereocenters. The molecule has 0 amide bonds. The monoisotopic (exact) mass is 190 g/mol. The summed E-state index contributed by atoms with van der Waals surface area (Å²) in [5.74, 6) is 2.04. The molecule has 0 spiro atoms. The molecule has 0 bridgehead atoms. The largest absolute Gasteiger partial charge is 0.456 e. The fraction of sp³-hybridized carbons (Fsp3) is 0.200. The summed E-state index contributed by atoms with van der Waals surface area (Å²) in [4.78, 5) is 14.5. The normalized spacial score (nSPS) is 10.4. The highest BCUT2D eigenvalue weighted by atomic mass is 16.3. The first-order chi connectivity index (χ1) is 6.79. The molecule has 0 radical (unpaired) electrons. The molecular formula is C10H10N2O2. The second kappa shape index (κ2) is 3.49. The molecule has 4 heteroatoms. The van der Waals surface area contributed by atoms with Gasteiger partial charge in [-0.25, -0.2) is 4.98 Å². The van der Waals surface area contributed by atoms with E-state index in [0.717, 1.165) is 11.6 Å². The third kappa shape index (κ3) is 1.59. The molecule has 2 heterocycles. The van der Waals surface area contributed by atoms with Gasteiger partial charge in [-0.3, -0.25) is 4.79 Å². The van der Waals surface area contributed by atoms with E-state index in [-0.39, 0.29) is 0 Å². The minimum absolute atomic E-state index is 0.359. The van der Waals surface area contributed by atoms with Gasteiger partial charge in [-0.15, -0.1) is 0 Å². The second-order valence-corrected chi connectivity index (χ2v) is 3.02. The highest BCUT2D eigenvalue weighted by Gasteiger charge is 2.03. The lowest BCUT2D eigenvalue weighted by atomic mass is 10.4. The molecule has 72 valence electrons. The number of imidazole rings is 1. The van der Waals surface area contributed by atoms with Crippen molar-refractivity contribution >= 4 is 6.29 Å². The number of hydrogen-bond acceptors (Lipinski definition) is 3. The van der Waals surface area contributed by atoms with Gasteiger partial charge in [0.15, 0.2) is 12.0 Å². The van der Waals surface area contributed by atoms with Crippen LogP contribution in [-0.2, 0) is 6.54 Å². The molecule has 0 aliphatic rings. The van der Waals surface area contributed by atoms with Crippen LogP contribution in [0.4, 0.5) is 0 Å². The van der Waals surface area contributed by atoms with Crippen molar-refractivity contribution in [3.8, 4) is 0 Å². The van der Waals surface area contributed by atoms with Crippen molar-refractivity contribution in [1.29, 1.82) is 0 Å². The smallest absolute Gasteiger partial charge is 0.185 e. The maximum absolute atomic E-state index is 10.4. The molecule has 0 N–H and O–H groups in total. The van der Waals surface area contributed by atoms with Gasteiger partial charge < -0.3 is 8.98 Å². The molecule has 4 nitrogen and oxygen atoms in total. The number of carbonyl (C=O) groups excluding carboxylic acids is 1. The van der Waals surface area contributed by atoms with E-state index in [1.807, 2.05) is 17.7 Å². The Morgan fingerprint density at radius 1 is 1.57 bits per heavy atom. The molecule has 2 aromatic heterocycles. The van der Waals surface area contributed by atoms with Crippen molar-refractivity contribution in [2.24, 2.45) is 0 Å². The molecule has 0 saturated heterocycles. The summed E-state index contributed by atoms with van der Waals surface area (Å²) in [7, 11) is 0. The molecule has 0 atom stereocenters. The Kier molecular flexibility index (Phi) is 2.18. The van der Waals surface area contributed by atoms with E-state index in [0.29, 0.717) is 18.6 Å². The number of carbonyl (C=O) groups is 1. The zero-order valence-corrected chi connectivity index (χ0v) is 7.80. The van der Waals surface area contributed by atoms with Gasteiger partial charge in [-0.1, -0.05) is 0 Å². The maximum Gasteiger partial charge on any atom is 0.185 e. The van der Waals surface area contributed by atoms with Crippen molar-refractivity contribution in [1.82, 2.24) is 9.55 Å². The van der Waals surface area contributed by atoms with Crippen LogP contribution in [0.3, 0.4) is 0 Å². The average molecular weight is 190 g/mol. The Bertz CT molecular complexity index is 442. The standard InChI is InChI=1S/C10H10N2O2/c1-8-11-4-5-12(8)6-9-2-3-10(7-13)14-9/h2-5,7H,6H2,1H3. The maximum atomic E-state index is 10.4. The van der Waals surface area contributed by atoms with Gasteiger partial charge in [0.05, 0.1) is 6.54 Å². The first-order valence-corrected chi connectivity index (χ1v) is 4.31. The van der Waals surface area contributed by atoms with E-state index in [1.54, 1.807) is 18.3 Å². The fourth-order valence-corrected chi connectivity index (χ4v) is 1.28. The minimum Gasteiger partial charge on any atom is -0.456 e. The summed E-state index contributed by atoms with van der Waals surface area (Å²) in [6, 6.07) is 3.46. The van der Waals surface area contributed by atoms with Gasteiger partial charge in [-0.2, -0.15) is 0 Å². The van der Waals surface area contributed by atoms with Crippen LogP contribution in [-0.4, -0.2) is 15.8 Å². The fourth-order valence-electron chi connectivity index (χ4n) is 1.28. The summed E-state index contributed by atoms with van der Waals surface area (Å²) in [5.41, 5.74) is 0. The van der Waals surface area contributed by atoms with Crippen LogP contribution >= 0.6 is 0 Å². The third-order valence-corrected chi connectivity index (χ3v) is 2.05. The summed E-state index contributed by atoms with van der Waals surface area (Å²) in [6.07, 6.45) is 4.31. The molecule has 0 fully saturated rings. The van der Waals surface area contributed by atoms with E-state index in [4.69, 9.17) is 4.42 Å². The van der Waals surface area contributed by atoms with Crippen LogP contribution in [0.1, 0.15) is 22.1 Å². The number of furan rings is 1. The highest BCUT2D eigenvalue weighted by Crippen LogP contribution is 2.08. The van der Waals surface area contributed by atoms with E-state index in [1.165, 1.54) is 0 Å². The highest BCUT2D eigenvalue weighted by molar-refractivity contribution is 5.70. The lowest BCUT2D eigenvalue weighted by Crippen LogP contribution is -1.99. The van der Waals surface area contributed by atoms with Crippen LogP contribution in [0.2, 0.25) is 0 Å². The quantitative estimate of drug-likeness (QED) is 0.691. The lowest BCUT2D eigenvalue weighted by molar-refractivity contribution is 0.109. The topological polar surface area (TPSA) is 48.0 Å². The van der Waals surface area contributed by atoms with Crippen molar-refractivity contribution in [3.63, 3.8) is 0 Å². The van der Waals surface area contributed by atoms with Gasteiger partial charge in [0.25, 0.3) is 0 Å². The molecule has 2 aromatic rings. The second-order valence-electron chi connectivity index (χ2n) is 3.02. The molecule has 14 heavy (non-hydrogen) atoms. The first kappa shape index (κ1) is 8.74. The number of aldehydes is 1. The van der Waals surface area contributed by atoms with E-state index in [9.17, 15) is 4.79 Å².